The molecule has 11 nitrogen and oxygen atoms in total. The molecule has 0 saturated carbocycles. The summed E-state index contributed by atoms with van der Waals surface area (Å²) in [4.78, 5) is 0. The minimum atomic E-state index is -1.76. The smallest absolute Gasteiger partial charge is 0.187 e. The summed E-state index contributed by atoms with van der Waals surface area (Å²) in [5.74, 6) is 0. The van der Waals surface area contributed by atoms with Gasteiger partial charge in [-0.25, -0.2) is 0 Å². The van der Waals surface area contributed by atoms with Crippen LogP contribution in [0.3, 0.4) is 0 Å². The molecule has 0 aromatic rings. The van der Waals surface area contributed by atoms with Crippen molar-refractivity contribution in [2.45, 2.75) is 61.4 Å². The first-order valence-corrected chi connectivity index (χ1v) is 7.08. The fourth-order valence-electron chi connectivity index (χ4n) is 2.56. The molecule has 2 rings (SSSR count). The summed E-state index contributed by atoms with van der Waals surface area (Å²) in [5.41, 5.74) is 0. The van der Waals surface area contributed by atoms with Crippen molar-refractivity contribution >= 4 is 0 Å². The quantitative estimate of drug-likeness (QED) is 0.243. The molecular weight excluding hydrogens is 320 g/mol. The van der Waals surface area contributed by atoms with Gasteiger partial charge >= 0.3 is 0 Å². The van der Waals surface area contributed by atoms with Gasteiger partial charge in [0.1, 0.15) is 48.8 Å². The Morgan fingerprint density at radius 1 is 0.652 bits per heavy atom. The lowest BCUT2D eigenvalue weighted by Crippen LogP contribution is -2.64. The first kappa shape index (κ1) is 18.9. The van der Waals surface area contributed by atoms with Crippen molar-refractivity contribution in [2.24, 2.45) is 0 Å². The van der Waals surface area contributed by atoms with Crippen LogP contribution in [0.5, 0.6) is 0 Å². The van der Waals surface area contributed by atoms with Crippen molar-refractivity contribution in [3.05, 3.63) is 0 Å². The van der Waals surface area contributed by atoms with Crippen LogP contribution in [0.15, 0.2) is 0 Å². The minimum Gasteiger partial charge on any atom is -0.394 e. The average molecular weight is 342 g/mol. The van der Waals surface area contributed by atoms with E-state index in [0.29, 0.717) is 0 Å². The Bertz CT molecular complexity index is 380. The van der Waals surface area contributed by atoms with Crippen molar-refractivity contribution < 1.29 is 55.1 Å². The molecule has 0 aliphatic carbocycles. The predicted octanol–water partition coefficient (Wildman–Crippen LogP) is -5.40. The molecule has 11 heteroatoms. The van der Waals surface area contributed by atoms with Gasteiger partial charge in [-0.05, 0) is 0 Å². The van der Waals surface area contributed by atoms with Gasteiger partial charge in [-0.15, -0.1) is 0 Å². The van der Waals surface area contributed by atoms with E-state index in [1.54, 1.807) is 0 Å². The third-order valence-corrected chi connectivity index (χ3v) is 3.98. The van der Waals surface area contributed by atoms with Crippen molar-refractivity contribution in [1.29, 1.82) is 0 Å². The third kappa shape index (κ3) is 3.65. The van der Waals surface area contributed by atoms with E-state index in [9.17, 15) is 30.6 Å². The summed E-state index contributed by atoms with van der Waals surface area (Å²) in [7, 11) is 0. The summed E-state index contributed by atoms with van der Waals surface area (Å²) < 4.78 is 15.1. The maximum atomic E-state index is 10.00. The van der Waals surface area contributed by atoms with E-state index in [-0.39, 0.29) is 0 Å². The van der Waals surface area contributed by atoms with Crippen LogP contribution in [-0.4, -0.2) is 115 Å². The molecule has 0 radical (unpaired) electrons. The van der Waals surface area contributed by atoms with Gasteiger partial charge < -0.3 is 55.1 Å². The largest absolute Gasteiger partial charge is 0.394 e. The van der Waals surface area contributed by atoms with Crippen LogP contribution in [0, 0.1) is 0 Å². The molecule has 2 aliphatic heterocycles. The highest BCUT2D eigenvalue weighted by Gasteiger charge is 2.50. The van der Waals surface area contributed by atoms with Gasteiger partial charge in [0.25, 0.3) is 0 Å². The van der Waals surface area contributed by atoms with Gasteiger partial charge in [0.05, 0.1) is 13.2 Å². The second-order valence-corrected chi connectivity index (χ2v) is 5.53. The maximum Gasteiger partial charge on any atom is 0.187 e. The van der Waals surface area contributed by atoms with E-state index in [2.05, 4.69) is 0 Å². The summed E-state index contributed by atoms with van der Waals surface area (Å²) >= 11 is 0. The SMILES string of the molecule is OCC1O[C@@H](O[C@H]2C(O)C(O)OC(CO)[C@H]2O)C(O)[C@H](O)[C@@H]1O. The number of aliphatic hydroxyl groups excluding tert-OH is 8. The summed E-state index contributed by atoms with van der Waals surface area (Å²) in [6, 6.07) is 0. The topological polar surface area (TPSA) is 190 Å². The van der Waals surface area contributed by atoms with Crippen molar-refractivity contribution in [3.63, 3.8) is 0 Å². The van der Waals surface area contributed by atoms with Crippen LogP contribution in [0.4, 0.5) is 0 Å². The normalized spacial score (nSPS) is 51.7. The van der Waals surface area contributed by atoms with Crippen LogP contribution in [0.25, 0.3) is 0 Å². The molecule has 8 N–H and O–H groups in total. The number of rotatable bonds is 4. The van der Waals surface area contributed by atoms with Gasteiger partial charge in [0.15, 0.2) is 12.6 Å². The minimum absolute atomic E-state index is 0.667. The van der Waals surface area contributed by atoms with Crippen LogP contribution in [-0.2, 0) is 14.2 Å². The number of aliphatic hydroxyl groups is 8. The standard InChI is InChI=1S/C12H22O11/c13-1-3-5(15)7(17)8(18)12(22-3)23-10-6(16)4(2-14)21-11(20)9(10)19/h3-20H,1-2H2/t3?,4?,5-,6-,7-,8?,9?,10-,11?,12+/m1/s1. The number of hydrogen-bond donors (Lipinski definition) is 8. The molecule has 10 atom stereocenters. The molecule has 5 unspecified atom stereocenters. The number of hydrogen-bond acceptors (Lipinski definition) is 11. The van der Waals surface area contributed by atoms with Crippen LogP contribution < -0.4 is 0 Å². The van der Waals surface area contributed by atoms with E-state index in [1.807, 2.05) is 0 Å². The summed E-state index contributed by atoms with van der Waals surface area (Å²) in [6.07, 6.45) is -15.7. The molecule has 23 heavy (non-hydrogen) atoms. The average Bonchev–Trinajstić information content (AvgIpc) is 2.54. The molecule has 0 aromatic heterocycles. The van der Waals surface area contributed by atoms with E-state index in [0.717, 1.165) is 0 Å². The van der Waals surface area contributed by atoms with Crippen LogP contribution >= 0.6 is 0 Å². The Labute approximate surface area is 130 Å². The van der Waals surface area contributed by atoms with Crippen molar-refractivity contribution in [2.75, 3.05) is 13.2 Å². The van der Waals surface area contributed by atoms with Gasteiger partial charge in [-0.3, -0.25) is 0 Å². The molecular formula is C12H22O11. The highest BCUT2D eigenvalue weighted by atomic mass is 16.7. The lowest BCUT2D eigenvalue weighted by molar-refractivity contribution is -0.355. The fraction of sp³-hybridized carbons (Fsp3) is 1.00. The second-order valence-electron chi connectivity index (χ2n) is 5.53. The molecule has 0 spiro atoms. The number of ether oxygens (including phenoxy) is 3. The highest BCUT2D eigenvalue weighted by Crippen LogP contribution is 2.28. The molecule has 0 bridgehead atoms. The molecule has 0 amide bonds. The molecule has 2 fully saturated rings. The van der Waals surface area contributed by atoms with Crippen LogP contribution in [0.1, 0.15) is 0 Å². The Morgan fingerprint density at radius 3 is 1.78 bits per heavy atom. The van der Waals surface area contributed by atoms with Gasteiger partial charge in [0, 0.05) is 0 Å². The van der Waals surface area contributed by atoms with Gasteiger partial charge in [-0.1, -0.05) is 0 Å². The van der Waals surface area contributed by atoms with E-state index >= 15 is 0 Å². The maximum absolute atomic E-state index is 10.00. The van der Waals surface area contributed by atoms with Gasteiger partial charge in [-0.2, -0.15) is 0 Å². The summed E-state index contributed by atoms with van der Waals surface area (Å²) in [5, 5.41) is 76.8. The second kappa shape index (κ2) is 7.63. The van der Waals surface area contributed by atoms with E-state index in [4.69, 9.17) is 24.4 Å². The summed E-state index contributed by atoms with van der Waals surface area (Å²) in [6.45, 7) is -1.34. The molecule has 0 aromatic carbocycles. The monoisotopic (exact) mass is 342 g/mol. The Kier molecular flexibility index (Phi) is 6.27. The zero-order valence-corrected chi connectivity index (χ0v) is 12.0. The fourth-order valence-corrected chi connectivity index (χ4v) is 2.56. The zero-order valence-electron chi connectivity index (χ0n) is 12.0. The van der Waals surface area contributed by atoms with E-state index in [1.165, 1.54) is 0 Å². The predicted molar refractivity (Wildman–Crippen MR) is 68.6 cm³/mol. The Morgan fingerprint density at radius 2 is 1.22 bits per heavy atom. The first-order valence-electron chi connectivity index (χ1n) is 7.08. The Balaban J connectivity index is 2.11. The van der Waals surface area contributed by atoms with Crippen molar-refractivity contribution in [3.8, 4) is 0 Å². The van der Waals surface area contributed by atoms with Gasteiger partial charge in [0.2, 0.25) is 0 Å². The molecule has 2 heterocycles. The van der Waals surface area contributed by atoms with E-state index < -0.39 is 74.6 Å². The molecule has 2 aliphatic rings. The molecule has 2 saturated heterocycles. The Hall–Kier alpha value is -0.440. The lowest BCUT2D eigenvalue weighted by Gasteiger charge is -2.45. The third-order valence-electron chi connectivity index (χ3n) is 3.98. The highest BCUT2D eigenvalue weighted by molar-refractivity contribution is 4.93. The zero-order chi connectivity index (χ0) is 17.3. The van der Waals surface area contributed by atoms with Crippen LogP contribution in [0.2, 0.25) is 0 Å². The molecule has 136 valence electrons. The van der Waals surface area contributed by atoms with Crippen molar-refractivity contribution in [1.82, 2.24) is 0 Å². The first-order chi connectivity index (χ1) is 10.8. The lowest BCUT2D eigenvalue weighted by atomic mass is 9.97.